The van der Waals surface area contributed by atoms with Crippen LogP contribution in [0.1, 0.15) is 57.8 Å². The molecule has 6 heteroatoms. The van der Waals surface area contributed by atoms with Gasteiger partial charge in [-0.05, 0) is 44.9 Å². The lowest BCUT2D eigenvalue weighted by Crippen LogP contribution is -2.44. The molecule has 0 bridgehead atoms. The van der Waals surface area contributed by atoms with Gasteiger partial charge in [-0.3, -0.25) is 4.79 Å². The lowest BCUT2D eigenvalue weighted by atomic mass is 9.94. The minimum Gasteiger partial charge on any atom is -0.369 e. The van der Waals surface area contributed by atoms with Crippen molar-refractivity contribution in [2.75, 3.05) is 49.1 Å². The molecule has 0 atom stereocenters. The number of hydrogen-bond acceptors (Lipinski definition) is 5. The van der Waals surface area contributed by atoms with Gasteiger partial charge in [-0.25, -0.2) is 9.97 Å². The molecule has 3 aliphatic heterocycles. The molecule has 0 aromatic carbocycles. The second-order valence-corrected chi connectivity index (χ2v) is 8.29. The summed E-state index contributed by atoms with van der Waals surface area (Å²) in [6.45, 7) is 5.93. The summed E-state index contributed by atoms with van der Waals surface area (Å²) in [6, 6.07) is 0. The van der Waals surface area contributed by atoms with Crippen molar-refractivity contribution in [2.45, 2.75) is 57.8 Å². The van der Waals surface area contributed by atoms with E-state index in [0.717, 1.165) is 63.7 Å². The third-order valence-corrected chi connectivity index (χ3v) is 6.39. The standard InChI is InChI=1S/C21H33N5O/c27-20(25-10-6-3-7-11-25)18-8-14-24(15-9-18)19-16-22-21(23-17-19)26-12-4-1-2-5-13-26/h16-18H,1-15H2. The third-order valence-electron chi connectivity index (χ3n) is 6.39. The molecule has 3 fully saturated rings. The molecule has 148 valence electrons. The first-order chi connectivity index (χ1) is 13.3. The van der Waals surface area contributed by atoms with Gasteiger partial charge in [0.25, 0.3) is 0 Å². The molecule has 0 radical (unpaired) electrons. The molecule has 1 aromatic heterocycles. The number of nitrogens with zero attached hydrogens (tertiary/aromatic N) is 5. The van der Waals surface area contributed by atoms with Crippen LogP contribution in [0.4, 0.5) is 11.6 Å². The summed E-state index contributed by atoms with van der Waals surface area (Å²) in [6.07, 6.45) is 14.6. The average Bonchev–Trinajstić information content (AvgIpc) is 3.04. The summed E-state index contributed by atoms with van der Waals surface area (Å²) >= 11 is 0. The van der Waals surface area contributed by atoms with Crippen molar-refractivity contribution in [3.05, 3.63) is 12.4 Å². The number of hydrogen-bond donors (Lipinski definition) is 0. The predicted molar refractivity (Wildman–Crippen MR) is 108 cm³/mol. The Hall–Kier alpha value is -1.85. The van der Waals surface area contributed by atoms with Gasteiger partial charge < -0.3 is 14.7 Å². The molecule has 4 rings (SSSR count). The Kier molecular flexibility index (Phi) is 6.10. The quantitative estimate of drug-likeness (QED) is 0.817. The summed E-state index contributed by atoms with van der Waals surface area (Å²) in [7, 11) is 0. The number of piperidine rings is 2. The van der Waals surface area contributed by atoms with E-state index in [2.05, 4.69) is 24.7 Å². The van der Waals surface area contributed by atoms with Crippen molar-refractivity contribution < 1.29 is 4.79 Å². The van der Waals surface area contributed by atoms with Crippen LogP contribution in [0.5, 0.6) is 0 Å². The lowest BCUT2D eigenvalue weighted by Gasteiger charge is -2.36. The second kappa shape index (κ2) is 8.89. The SMILES string of the molecule is O=C(C1CCN(c2cnc(N3CCCCCC3)nc2)CC1)N1CCCCC1. The first kappa shape index (κ1) is 18.5. The fourth-order valence-electron chi connectivity index (χ4n) is 4.67. The Morgan fingerprint density at radius 1 is 0.741 bits per heavy atom. The van der Waals surface area contributed by atoms with Crippen molar-refractivity contribution >= 4 is 17.5 Å². The zero-order valence-corrected chi connectivity index (χ0v) is 16.5. The van der Waals surface area contributed by atoms with Crippen LogP contribution in [0.25, 0.3) is 0 Å². The highest BCUT2D eigenvalue weighted by Gasteiger charge is 2.29. The molecule has 3 saturated heterocycles. The molecule has 3 aliphatic rings. The number of carbonyl (C=O) groups excluding carboxylic acids is 1. The largest absolute Gasteiger partial charge is 0.369 e. The van der Waals surface area contributed by atoms with Crippen LogP contribution in [0, 0.1) is 5.92 Å². The van der Waals surface area contributed by atoms with Crippen LogP contribution >= 0.6 is 0 Å². The van der Waals surface area contributed by atoms with Gasteiger partial charge in [0.15, 0.2) is 0 Å². The third kappa shape index (κ3) is 4.53. The molecule has 6 nitrogen and oxygen atoms in total. The van der Waals surface area contributed by atoms with Gasteiger partial charge in [-0.1, -0.05) is 12.8 Å². The normalized spacial score (nSPS) is 22.6. The van der Waals surface area contributed by atoms with E-state index in [9.17, 15) is 4.79 Å². The highest BCUT2D eigenvalue weighted by Crippen LogP contribution is 2.26. The van der Waals surface area contributed by atoms with E-state index in [4.69, 9.17) is 0 Å². The fraction of sp³-hybridized carbons (Fsp3) is 0.762. The van der Waals surface area contributed by atoms with Gasteiger partial charge in [0.2, 0.25) is 11.9 Å². The van der Waals surface area contributed by atoms with Crippen LogP contribution in [0.3, 0.4) is 0 Å². The van der Waals surface area contributed by atoms with Crippen LogP contribution in [-0.2, 0) is 4.79 Å². The van der Waals surface area contributed by atoms with E-state index in [-0.39, 0.29) is 5.92 Å². The van der Waals surface area contributed by atoms with Crippen LogP contribution < -0.4 is 9.80 Å². The van der Waals surface area contributed by atoms with Crippen molar-refractivity contribution in [2.24, 2.45) is 5.92 Å². The Bertz CT molecular complexity index is 598. The van der Waals surface area contributed by atoms with Gasteiger partial charge in [-0.15, -0.1) is 0 Å². The molecule has 27 heavy (non-hydrogen) atoms. The number of aromatic nitrogens is 2. The van der Waals surface area contributed by atoms with E-state index in [1.165, 1.54) is 44.9 Å². The highest BCUT2D eigenvalue weighted by atomic mass is 16.2. The molecule has 1 aromatic rings. The Morgan fingerprint density at radius 2 is 1.30 bits per heavy atom. The maximum absolute atomic E-state index is 12.7. The highest BCUT2D eigenvalue weighted by molar-refractivity contribution is 5.79. The van der Waals surface area contributed by atoms with Gasteiger partial charge in [0.1, 0.15) is 0 Å². The predicted octanol–water partition coefficient (Wildman–Crippen LogP) is 3.09. The van der Waals surface area contributed by atoms with Gasteiger partial charge >= 0.3 is 0 Å². The van der Waals surface area contributed by atoms with E-state index >= 15 is 0 Å². The zero-order chi connectivity index (χ0) is 18.5. The monoisotopic (exact) mass is 371 g/mol. The topological polar surface area (TPSA) is 52.6 Å². The number of likely N-dealkylation sites (tertiary alicyclic amines) is 1. The molecule has 0 saturated carbocycles. The van der Waals surface area contributed by atoms with Gasteiger partial charge in [-0.2, -0.15) is 0 Å². The number of amides is 1. The Morgan fingerprint density at radius 3 is 1.93 bits per heavy atom. The smallest absolute Gasteiger partial charge is 0.225 e. The zero-order valence-electron chi connectivity index (χ0n) is 16.5. The number of carbonyl (C=O) groups is 1. The lowest BCUT2D eigenvalue weighted by molar-refractivity contribution is -0.137. The van der Waals surface area contributed by atoms with Gasteiger partial charge in [0, 0.05) is 45.2 Å². The van der Waals surface area contributed by atoms with E-state index in [0.29, 0.717) is 5.91 Å². The first-order valence-corrected chi connectivity index (χ1v) is 10.9. The summed E-state index contributed by atoms with van der Waals surface area (Å²) < 4.78 is 0. The van der Waals surface area contributed by atoms with Crippen molar-refractivity contribution in [1.82, 2.24) is 14.9 Å². The van der Waals surface area contributed by atoms with Crippen LogP contribution in [0.15, 0.2) is 12.4 Å². The molecule has 0 spiro atoms. The molecule has 4 heterocycles. The molecule has 0 N–H and O–H groups in total. The maximum atomic E-state index is 12.7. The minimum atomic E-state index is 0.205. The fourth-order valence-corrected chi connectivity index (χ4v) is 4.67. The Labute approximate surface area is 162 Å². The van der Waals surface area contributed by atoms with Gasteiger partial charge in [0.05, 0.1) is 18.1 Å². The Balaban J connectivity index is 1.30. The molecule has 0 aliphatic carbocycles. The average molecular weight is 372 g/mol. The molecule has 1 amide bonds. The molecular formula is C21H33N5O. The van der Waals surface area contributed by atoms with Crippen molar-refractivity contribution in [1.29, 1.82) is 0 Å². The van der Waals surface area contributed by atoms with E-state index in [1.807, 2.05) is 12.4 Å². The first-order valence-electron chi connectivity index (χ1n) is 10.9. The summed E-state index contributed by atoms with van der Waals surface area (Å²) in [5.74, 6) is 1.47. The van der Waals surface area contributed by atoms with Crippen molar-refractivity contribution in [3.63, 3.8) is 0 Å². The van der Waals surface area contributed by atoms with Crippen LogP contribution in [-0.4, -0.2) is 60.0 Å². The van der Waals surface area contributed by atoms with E-state index in [1.54, 1.807) is 0 Å². The molecule has 0 unspecified atom stereocenters. The number of rotatable bonds is 3. The van der Waals surface area contributed by atoms with E-state index < -0.39 is 0 Å². The maximum Gasteiger partial charge on any atom is 0.225 e. The van der Waals surface area contributed by atoms with Crippen LogP contribution in [0.2, 0.25) is 0 Å². The summed E-state index contributed by atoms with van der Waals surface area (Å²) in [5.41, 5.74) is 1.09. The second-order valence-electron chi connectivity index (χ2n) is 8.29. The van der Waals surface area contributed by atoms with Crippen molar-refractivity contribution in [3.8, 4) is 0 Å². The molecular weight excluding hydrogens is 338 g/mol. The number of anilines is 2. The summed E-state index contributed by atoms with van der Waals surface area (Å²) in [4.78, 5) is 28.8. The minimum absolute atomic E-state index is 0.205. The summed E-state index contributed by atoms with van der Waals surface area (Å²) in [5, 5.41) is 0.